The maximum atomic E-state index is 12.6. The molecule has 1 saturated heterocycles. The van der Waals surface area contributed by atoms with Crippen LogP contribution in [0.3, 0.4) is 0 Å². The lowest BCUT2D eigenvalue weighted by Gasteiger charge is -2.36. The van der Waals surface area contributed by atoms with Gasteiger partial charge in [0.05, 0.1) is 6.10 Å². The van der Waals surface area contributed by atoms with Gasteiger partial charge in [0.2, 0.25) is 5.91 Å². The van der Waals surface area contributed by atoms with Crippen molar-refractivity contribution in [3.63, 3.8) is 0 Å². The molecule has 1 aliphatic heterocycles. The zero-order valence-corrected chi connectivity index (χ0v) is 15.8. The minimum absolute atomic E-state index is 0.0192. The van der Waals surface area contributed by atoms with Crippen LogP contribution in [0.15, 0.2) is 24.3 Å². The van der Waals surface area contributed by atoms with Gasteiger partial charge in [0.25, 0.3) is 5.91 Å². The Labute approximate surface area is 150 Å². The lowest BCUT2D eigenvalue weighted by Crippen LogP contribution is -2.51. The zero-order chi connectivity index (χ0) is 18.4. The van der Waals surface area contributed by atoms with Crippen molar-refractivity contribution in [2.75, 3.05) is 26.2 Å². The molecule has 0 aromatic heterocycles. The number of benzene rings is 1. The average Bonchev–Trinajstić information content (AvgIpc) is 2.62. The minimum Gasteiger partial charge on any atom is -0.491 e. The van der Waals surface area contributed by atoms with Gasteiger partial charge < -0.3 is 14.5 Å². The van der Waals surface area contributed by atoms with Gasteiger partial charge in [0.1, 0.15) is 5.75 Å². The predicted octanol–water partition coefficient (Wildman–Crippen LogP) is 3.19. The number of hydrogen-bond donors (Lipinski definition) is 0. The van der Waals surface area contributed by atoms with Crippen molar-refractivity contribution >= 4 is 11.8 Å². The van der Waals surface area contributed by atoms with Crippen molar-refractivity contribution < 1.29 is 14.3 Å². The number of piperazine rings is 1. The molecule has 0 N–H and O–H groups in total. The Morgan fingerprint density at radius 1 is 0.960 bits per heavy atom. The van der Waals surface area contributed by atoms with Crippen molar-refractivity contribution in [2.45, 2.75) is 46.6 Å². The van der Waals surface area contributed by atoms with Crippen LogP contribution in [0.5, 0.6) is 5.75 Å². The second-order valence-corrected chi connectivity index (χ2v) is 6.82. The average molecular weight is 346 g/mol. The quantitative estimate of drug-likeness (QED) is 0.795. The molecule has 25 heavy (non-hydrogen) atoms. The molecular weight excluding hydrogens is 316 g/mol. The predicted molar refractivity (Wildman–Crippen MR) is 98.8 cm³/mol. The zero-order valence-electron chi connectivity index (χ0n) is 15.8. The van der Waals surface area contributed by atoms with E-state index in [1.807, 2.05) is 47.9 Å². The van der Waals surface area contributed by atoms with Crippen LogP contribution >= 0.6 is 0 Å². The van der Waals surface area contributed by atoms with Crippen molar-refractivity contribution in [1.82, 2.24) is 9.80 Å². The van der Waals surface area contributed by atoms with Gasteiger partial charge in [-0.15, -0.1) is 0 Å². The SMILES string of the molecule is CCC(CC)C(=O)N1CCN(C(=O)c2ccc(OC(C)C)cc2)CC1. The van der Waals surface area contributed by atoms with Gasteiger partial charge in [-0.3, -0.25) is 9.59 Å². The first-order valence-corrected chi connectivity index (χ1v) is 9.31. The largest absolute Gasteiger partial charge is 0.491 e. The van der Waals surface area contributed by atoms with Crippen LogP contribution in [-0.2, 0) is 4.79 Å². The van der Waals surface area contributed by atoms with Gasteiger partial charge in [-0.2, -0.15) is 0 Å². The van der Waals surface area contributed by atoms with E-state index in [0.717, 1.165) is 18.6 Å². The van der Waals surface area contributed by atoms with Gasteiger partial charge >= 0.3 is 0 Å². The summed E-state index contributed by atoms with van der Waals surface area (Å²) in [5.41, 5.74) is 0.663. The monoisotopic (exact) mass is 346 g/mol. The molecule has 1 heterocycles. The van der Waals surface area contributed by atoms with Gasteiger partial charge in [0, 0.05) is 37.7 Å². The normalized spacial score (nSPS) is 15.0. The van der Waals surface area contributed by atoms with Crippen molar-refractivity contribution in [1.29, 1.82) is 0 Å². The fraction of sp³-hybridized carbons (Fsp3) is 0.600. The fourth-order valence-corrected chi connectivity index (χ4v) is 3.16. The number of carbonyl (C=O) groups excluding carboxylic acids is 2. The minimum atomic E-state index is 0.0192. The van der Waals surface area contributed by atoms with Crippen LogP contribution in [0.25, 0.3) is 0 Å². The second-order valence-electron chi connectivity index (χ2n) is 6.82. The van der Waals surface area contributed by atoms with Crippen LogP contribution in [0.4, 0.5) is 0 Å². The van der Waals surface area contributed by atoms with Gasteiger partial charge in [-0.25, -0.2) is 0 Å². The van der Waals surface area contributed by atoms with Crippen molar-refractivity contribution in [2.24, 2.45) is 5.92 Å². The smallest absolute Gasteiger partial charge is 0.253 e. The van der Waals surface area contributed by atoms with E-state index in [9.17, 15) is 9.59 Å². The molecule has 138 valence electrons. The third kappa shape index (κ3) is 4.97. The van der Waals surface area contributed by atoms with E-state index >= 15 is 0 Å². The Bertz CT molecular complexity index is 571. The summed E-state index contributed by atoms with van der Waals surface area (Å²) < 4.78 is 5.61. The highest BCUT2D eigenvalue weighted by atomic mass is 16.5. The van der Waals surface area contributed by atoms with E-state index in [4.69, 9.17) is 4.74 Å². The second kappa shape index (κ2) is 8.88. The molecule has 5 nitrogen and oxygen atoms in total. The molecule has 1 aromatic rings. The topological polar surface area (TPSA) is 49.9 Å². The highest BCUT2D eigenvalue weighted by molar-refractivity contribution is 5.94. The number of amides is 2. The summed E-state index contributed by atoms with van der Waals surface area (Å²) in [7, 11) is 0. The van der Waals surface area contributed by atoms with E-state index in [2.05, 4.69) is 13.8 Å². The number of rotatable bonds is 6. The van der Waals surface area contributed by atoms with E-state index in [1.54, 1.807) is 0 Å². The van der Waals surface area contributed by atoms with Crippen LogP contribution in [0.1, 0.15) is 50.9 Å². The molecule has 1 fully saturated rings. The Morgan fingerprint density at radius 2 is 1.48 bits per heavy atom. The summed E-state index contributed by atoms with van der Waals surface area (Å²) in [6.45, 7) is 10.5. The Morgan fingerprint density at radius 3 is 1.96 bits per heavy atom. The third-order valence-corrected chi connectivity index (χ3v) is 4.69. The first-order chi connectivity index (χ1) is 12.0. The highest BCUT2D eigenvalue weighted by Crippen LogP contribution is 2.17. The van der Waals surface area contributed by atoms with Crippen molar-refractivity contribution in [3.05, 3.63) is 29.8 Å². The van der Waals surface area contributed by atoms with E-state index < -0.39 is 0 Å². The molecule has 0 atom stereocenters. The molecule has 2 rings (SSSR count). The van der Waals surface area contributed by atoms with Crippen LogP contribution in [0, 0.1) is 5.92 Å². The van der Waals surface area contributed by atoms with E-state index in [-0.39, 0.29) is 23.8 Å². The molecule has 0 radical (unpaired) electrons. The molecule has 1 aromatic carbocycles. The van der Waals surface area contributed by atoms with Gasteiger partial charge in [-0.1, -0.05) is 13.8 Å². The van der Waals surface area contributed by atoms with Crippen molar-refractivity contribution in [3.8, 4) is 5.75 Å². The molecular formula is C20H30N2O3. The molecule has 0 saturated carbocycles. The Kier molecular flexibility index (Phi) is 6.85. The fourth-order valence-electron chi connectivity index (χ4n) is 3.16. The number of hydrogen-bond acceptors (Lipinski definition) is 3. The molecule has 2 amide bonds. The lowest BCUT2D eigenvalue weighted by molar-refractivity contribution is -0.137. The summed E-state index contributed by atoms with van der Waals surface area (Å²) in [5.74, 6) is 1.13. The lowest BCUT2D eigenvalue weighted by atomic mass is 10.0. The first-order valence-electron chi connectivity index (χ1n) is 9.31. The number of ether oxygens (including phenoxy) is 1. The molecule has 1 aliphatic rings. The van der Waals surface area contributed by atoms with E-state index in [1.165, 1.54) is 0 Å². The van der Waals surface area contributed by atoms with Crippen LogP contribution in [0.2, 0.25) is 0 Å². The molecule has 0 spiro atoms. The number of carbonyl (C=O) groups is 2. The highest BCUT2D eigenvalue weighted by Gasteiger charge is 2.27. The first kappa shape index (κ1) is 19.3. The maximum Gasteiger partial charge on any atom is 0.253 e. The third-order valence-electron chi connectivity index (χ3n) is 4.69. The summed E-state index contributed by atoms with van der Waals surface area (Å²) in [5, 5.41) is 0. The molecule has 0 bridgehead atoms. The summed E-state index contributed by atoms with van der Waals surface area (Å²) in [4.78, 5) is 28.8. The molecule has 5 heteroatoms. The summed E-state index contributed by atoms with van der Waals surface area (Å²) in [6.07, 6.45) is 1.86. The van der Waals surface area contributed by atoms with Crippen LogP contribution in [-0.4, -0.2) is 53.9 Å². The molecule has 0 unspecified atom stereocenters. The summed E-state index contributed by atoms with van der Waals surface area (Å²) in [6, 6.07) is 7.28. The maximum absolute atomic E-state index is 12.6. The van der Waals surface area contributed by atoms with Crippen LogP contribution < -0.4 is 4.74 Å². The Hall–Kier alpha value is -2.04. The summed E-state index contributed by atoms with van der Waals surface area (Å²) >= 11 is 0. The van der Waals surface area contributed by atoms with Gasteiger partial charge in [-0.05, 0) is 51.0 Å². The number of nitrogens with zero attached hydrogens (tertiary/aromatic N) is 2. The molecule has 0 aliphatic carbocycles. The van der Waals surface area contributed by atoms with E-state index in [0.29, 0.717) is 31.7 Å². The standard InChI is InChI=1S/C20H30N2O3/c1-5-16(6-2)19(23)21-11-13-22(14-12-21)20(24)17-7-9-18(10-8-17)25-15(3)4/h7-10,15-16H,5-6,11-14H2,1-4H3. The van der Waals surface area contributed by atoms with Gasteiger partial charge in [0.15, 0.2) is 0 Å². The Balaban J connectivity index is 1.91.